The number of rotatable bonds is 5. The summed E-state index contributed by atoms with van der Waals surface area (Å²) in [5.74, 6) is -2.60. The maximum Gasteiger partial charge on any atom is 0.490 e. The van der Waals surface area contributed by atoms with Crippen LogP contribution in [0.25, 0.3) is 0 Å². The average molecular weight is 455 g/mol. The van der Waals surface area contributed by atoms with Crippen molar-refractivity contribution >= 4 is 21.9 Å². The Morgan fingerprint density at radius 3 is 2.43 bits per heavy atom. The lowest BCUT2D eigenvalue weighted by Crippen LogP contribution is -2.46. The van der Waals surface area contributed by atoms with Crippen LogP contribution in [-0.2, 0) is 26.2 Å². The number of halogens is 3. The number of sulfonamides is 1. The summed E-state index contributed by atoms with van der Waals surface area (Å²) in [6.45, 7) is 3.63. The van der Waals surface area contributed by atoms with Crippen molar-refractivity contribution in [3.05, 3.63) is 18.0 Å². The van der Waals surface area contributed by atoms with Crippen molar-refractivity contribution in [2.24, 2.45) is 0 Å². The first-order valence-electron chi connectivity index (χ1n) is 9.14. The van der Waals surface area contributed by atoms with E-state index < -0.39 is 22.2 Å². The number of carboxylic acids is 1. The number of hydrogen-bond acceptors (Lipinski definition) is 6. The van der Waals surface area contributed by atoms with Gasteiger partial charge in [-0.15, -0.1) is 0 Å². The topological polar surface area (TPSA) is 125 Å². The smallest absolute Gasteiger partial charge is 0.475 e. The summed E-state index contributed by atoms with van der Waals surface area (Å²) in [7, 11) is -3.25. The van der Waals surface area contributed by atoms with Crippen molar-refractivity contribution in [1.29, 1.82) is 0 Å². The molecule has 30 heavy (non-hydrogen) atoms. The van der Waals surface area contributed by atoms with Gasteiger partial charge >= 0.3 is 12.1 Å². The molecule has 1 saturated heterocycles. The number of hydrogen-bond donors (Lipinski definition) is 2. The minimum atomic E-state index is -5.08. The number of carboxylic acid groups (broad SMARTS) is 1. The third-order valence-corrected chi connectivity index (χ3v) is 5.29. The van der Waals surface area contributed by atoms with E-state index in [0.717, 1.165) is 37.9 Å². The maximum absolute atomic E-state index is 12.3. The number of fused-ring (bicyclic) bond motifs is 1. The number of amides is 1. The Morgan fingerprint density at radius 1 is 1.30 bits per heavy atom. The Balaban J connectivity index is 0.000000396. The van der Waals surface area contributed by atoms with E-state index >= 15 is 0 Å². The molecule has 2 aliphatic rings. The van der Waals surface area contributed by atoms with Crippen LogP contribution in [-0.4, -0.2) is 90.1 Å². The number of likely N-dealkylation sites (tertiary alicyclic amines) is 1. The molecule has 2 N–H and O–H groups in total. The highest BCUT2D eigenvalue weighted by Gasteiger charge is 2.38. The maximum atomic E-state index is 12.3. The van der Waals surface area contributed by atoms with Crippen LogP contribution >= 0.6 is 0 Å². The van der Waals surface area contributed by atoms with E-state index in [4.69, 9.17) is 9.90 Å². The summed E-state index contributed by atoms with van der Waals surface area (Å²) in [5.41, 5.74) is 1.01. The molecule has 2 aliphatic heterocycles. The first-order chi connectivity index (χ1) is 13.9. The number of carbonyl (C=O) groups excluding carboxylic acids is 1. The van der Waals surface area contributed by atoms with Crippen LogP contribution in [0.15, 0.2) is 12.3 Å². The zero-order chi connectivity index (χ0) is 22.5. The molecule has 3 heterocycles. The number of aromatic nitrogens is 2. The van der Waals surface area contributed by atoms with E-state index in [1.807, 2.05) is 15.6 Å². The Kier molecular flexibility index (Phi) is 7.82. The zero-order valence-corrected chi connectivity index (χ0v) is 17.1. The SMILES string of the molecule is CS(=O)(=O)NCC1CN(CC(=O)N2CCCC2)Cc2ccnn21.O=C(O)C(F)(F)F. The Labute approximate surface area is 171 Å². The molecule has 0 aromatic carbocycles. The second-order valence-electron chi connectivity index (χ2n) is 7.10. The van der Waals surface area contributed by atoms with Crippen LogP contribution in [0, 0.1) is 0 Å². The lowest BCUT2D eigenvalue weighted by molar-refractivity contribution is -0.192. The number of nitrogens with zero attached hydrogens (tertiary/aromatic N) is 4. The predicted molar refractivity (Wildman–Crippen MR) is 98.9 cm³/mol. The fourth-order valence-electron chi connectivity index (χ4n) is 3.24. The molecule has 10 nitrogen and oxygen atoms in total. The van der Waals surface area contributed by atoms with Gasteiger partial charge < -0.3 is 10.0 Å². The summed E-state index contributed by atoms with van der Waals surface area (Å²) < 4.78 is 58.8. The van der Waals surface area contributed by atoms with Crippen LogP contribution in [0.4, 0.5) is 13.2 Å². The molecule has 1 aromatic rings. The van der Waals surface area contributed by atoms with E-state index in [1.165, 1.54) is 0 Å². The van der Waals surface area contributed by atoms with E-state index in [1.54, 1.807) is 6.20 Å². The molecule has 0 bridgehead atoms. The highest BCUT2D eigenvalue weighted by atomic mass is 32.2. The lowest BCUT2D eigenvalue weighted by atomic mass is 10.2. The van der Waals surface area contributed by atoms with Crippen molar-refractivity contribution in [1.82, 2.24) is 24.3 Å². The van der Waals surface area contributed by atoms with Crippen molar-refractivity contribution in [2.75, 3.05) is 39.0 Å². The van der Waals surface area contributed by atoms with Crippen molar-refractivity contribution in [3.63, 3.8) is 0 Å². The van der Waals surface area contributed by atoms with Crippen LogP contribution < -0.4 is 4.72 Å². The molecule has 170 valence electrons. The van der Waals surface area contributed by atoms with E-state index in [2.05, 4.69) is 14.7 Å². The molecular formula is C16H24F3N5O5S. The first-order valence-corrected chi connectivity index (χ1v) is 11.0. The van der Waals surface area contributed by atoms with Gasteiger partial charge in [-0.3, -0.25) is 14.4 Å². The van der Waals surface area contributed by atoms with Gasteiger partial charge in [0.1, 0.15) is 0 Å². The van der Waals surface area contributed by atoms with Gasteiger partial charge in [0.15, 0.2) is 0 Å². The summed E-state index contributed by atoms with van der Waals surface area (Å²) in [6, 6.07) is 1.81. The highest BCUT2D eigenvalue weighted by molar-refractivity contribution is 7.88. The lowest BCUT2D eigenvalue weighted by Gasteiger charge is -2.34. The summed E-state index contributed by atoms with van der Waals surface area (Å²) in [5, 5.41) is 11.4. The van der Waals surface area contributed by atoms with Crippen molar-refractivity contribution in [2.45, 2.75) is 31.6 Å². The van der Waals surface area contributed by atoms with Gasteiger partial charge in [-0.05, 0) is 18.9 Å². The fraction of sp³-hybridized carbons (Fsp3) is 0.688. The predicted octanol–water partition coefficient (Wildman–Crippen LogP) is 0.0447. The van der Waals surface area contributed by atoms with Crippen LogP contribution in [0.2, 0.25) is 0 Å². The summed E-state index contributed by atoms with van der Waals surface area (Å²) >= 11 is 0. The molecule has 0 saturated carbocycles. The minimum absolute atomic E-state index is 0.102. The van der Waals surface area contributed by atoms with Crippen LogP contribution in [0.5, 0.6) is 0 Å². The fourth-order valence-corrected chi connectivity index (χ4v) is 3.74. The summed E-state index contributed by atoms with van der Waals surface area (Å²) in [6.07, 6.45) is -0.0537. The van der Waals surface area contributed by atoms with Gasteiger partial charge in [-0.1, -0.05) is 0 Å². The number of carbonyl (C=O) groups is 2. The highest BCUT2D eigenvalue weighted by Crippen LogP contribution is 2.20. The van der Waals surface area contributed by atoms with Gasteiger partial charge in [0.25, 0.3) is 0 Å². The molecule has 1 aromatic heterocycles. The minimum Gasteiger partial charge on any atom is -0.475 e. The second-order valence-corrected chi connectivity index (χ2v) is 8.93. The summed E-state index contributed by atoms with van der Waals surface area (Å²) in [4.78, 5) is 25.2. The monoisotopic (exact) mass is 455 g/mol. The van der Waals surface area contributed by atoms with E-state index in [-0.39, 0.29) is 18.5 Å². The number of aliphatic carboxylic acids is 1. The van der Waals surface area contributed by atoms with Gasteiger partial charge in [0, 0.05) is 38.9 Å². The molecule has 3 rings (SSSR count). The van der Waals surface area contributed by atoms with Gasteiger partial charge in [-0.25, -0.2) is 17.9 Å². The molecular weight excluding hydrogens is 431 g/mol. The number of nitrogens with one attached hydrogen (secondary N) is 1. The standard InChI is InChI=1S/C14H23N5O3S.C2HF3O2/c1-23(21,22)16-8-13-10-17(9-12-4-5-15-19(12)13)11-14(20)18-6-2-3-7-18;3-2(4,5)1(6)7/h4-5,13,16H,2-3,6-11H2,1H3;(H,6,7). The molecule has 1 amide bonds. The third kappa shape index (κ3) is 7.25. The molecule has 1 fully saturated rings. The van der Waals surface area contributed by atoms with Crippen LogP contribution in [0.1, 0.15) is 24.6 Å². The van der Waals surface area contributed by atoms with Crippen molar-refractivity contribution < 1.29 is 36.3 Å². The molecule has 14 heteroatoms. The van der Waals surface area contributed by atoms with E-state index in [9.17, 15) is 26.4 Å². The third-order valence-electron chi connectivity index (χ3n) is 4.59. The Morgan fingerprint density at radius 2 is 1.90 bits per heavy atom. The molecule has 0 radical (unpaired) electrons. The number of alkyl halides is 3. The Bertz CT molecular complexity index is 852. The molecule has 0 spiro atoms. The van der Waals surface area contributed by atoms with Gasteiger partial charge in [-0.2, -0.15) is 18.3 Å². The normalized spacial score (nSPS) is 19.7. The zero-order valence-electron chi connectivity index (χ0n) is 16.3. The first kappa shape index (κ1) is 24.1. The van der Waals surface area contributed by atoms with Gasteiger partial charge in [0.2, 0.25) is 15.9 Å². The molecule has 1 atom stereocenters. The quantitative estimate of drug-likeness (QED) is 0.643. The van der Waals surface area contributed by atoms with Crippen LogP contribution in [0.3, 0.4) is 0 Å². The van der Waals surface area contributed by atoms with Gasteiger partial charge in [0.05, 0.1) is 24.5 Å². The van der Waals surface area contributed by atoms with E-state index in [0.29, 0.717) is 19.6 Å². The largest absolute Gasteiger partial charge is 0.490 e. The van der Waals surface area contributed by atoms with Crippen molar-refractivity contribution in [3.8, 4) is 0 Å². The molecule has 0 aliphatic carbocycles. The second kappa shape index (κ2) is 9.75. The Hall–Kier alpha value is -2.19. The average Bonchev–Trinajstić information content (AvgIpc) is 3.30. The molecule has 1 unspecified atom stereocenters.